The van der Waals surface area contributed by atoms with Crippen molar-refractivity contribution < 1.29 is 0 Å². The summed E-state index contributed by atoms with van der Waals surface area (Å²) in [6, 6.07) is 0. The molecule has 1 fully saturated rings. The number of aryl methyl sites for hydroxylation is 1. The quantitative estimate of drug-likeness (QED) is 0.808. The zero-order valence-electron chi connectivity index (χ0n) is 12.0. The van der Waals surface area contributed by atoms with Gasteiger partial charge in [-0.1, -0.05) is 6.42 Å². The number of hydrogen-bond acceptors (Lipinski definition) is 4. The Morgan fingerprint density at radius 1 is 0.947 bits per heavy atom. The molecule has 0 unspecified atom stereocenters. The molecule has 3 rings (SSSR count). The second-order valence-corrected chi connectivity index (χ2v) is 5.89. The third kappa shape index (κ3) is 3.15. The summed E-state index contributed by atoms with van der Waals surface area (Å²) in [6.07, 6.45) is 6.06. The summed E-state index contributed by atoms with van der Waals surface area (Å²) in [7, 11) is 2.20. The van der Waals surface area contributed by atoms with Gasteiger partial charge in [0.05, 0.1) is 0 Å². The predicted molar refractivity (Wildman–Crippen MR) is 75.2 cm³/mol. The molecular weight excluding hydrogens is 238 g/mol. The molecule has 1 saturated heterocycles. The van der Waals surface area contributed by atoms with E-state index < -0.39 is 0 Å². The van der Waals surface area contributed by atoms with Crippen molar-refractivity contribution in [1.29, 1.82) is 0 Å². The fourth-order valence-corrected chi connectivity index (χ4v) is 3.06. The predicted octanol–water partition coefficient (Wildman–Crippen LogP) is 0.794. The molecule has 0 amide bonds. The lowest BCUT2D eigenvalue weighted by Gasteiger charge is -2.32. The molecule has 0 atom stereocenters. The number of aromatic nitrogens is 3. The van der Waals surface area contributed by atoms with Gasteiger partial charge in [-0.05, 0) is 19.9 Å². The van der Waals surface area contributed by atoms with Gasteiger partial charge in [0.15, 0.2) is 0 Å². The highest BCUT2D eigenvalue weighted by molar-refractivity contribution is 4.98. The van der Waals surface area contributed by atoms with Gasteiger partial charge in [0, 0.05) is 52.1 Å². The molecule has 0 radical (unpaired) electrons. The first kappa shape index (κ1) is 13.1. The zero-order chi connectivity index (χ0) is 13.1. The van der Waals surface area contributed by atoms with Crippen LogP contribution in [0.5, 0.6) is 0 Å². The van der Waals surface area contributed by atoms with Gasteiger partial charge in [0.1, 0.15) is 11.6 Å². The number of hydrogen-bond donors (Lipinski definition) is 0. The molecule has 5 heteroatoms. The van der Waals surface area contributed by atoms with Gasteiger partial charge < -0.3 is 14.4 Å². The van der Waals surface area contributed by atoms with Gasteiger partial charge >= 0.3 is 0 Å². The largest absolute Gasteiger partial charge is 0.315 e. The highest BCUT2D eigenvalue weighted by atomic mass is 15.3. The van der Waals surface area contributed by atoms with Crippen LogP contribution in [0.4, 0.5) is 0 Å². The molecule has 0 bridgehead atoms. The normalized spacial score (nSPS) is 22.2. The Balaban J connectivity index is 1.57. The molecule has 2 aliphatic heterocycles. The summed E-state index contributed by atoms with van der Waals surface area (Å²) in [4.78, 5) is 4.96. The van der Waals surface area contributed by atoms with E-state index in [1.54, 1.807) is 0 Å². The average Bonchev–Trinajstić information content (AvgIpc) is 2.66. The number of piperazine rings is 1. The summed E-state index contributed by atoms with van der Waals surface area (Å²) in [5, 5.41) is 8.79. The lowest BCUT2D eigenvalue weighted by molar-refractivity contribution is 0.154. The second-order valence-electron chi connectivity index (χ2n) is 5.89. The molecule has 106 valence electrons. The maximum absolute atomic E-state index is 4.41. The van der Waals surface area contributed by atoms with Crippen LogP contribution in [0.25, 0.3) is 0 Å². The molecule has 1 aromatic heterocycles. The molecule has 0 aromatic carbocycles. The summed E-state index contributed by atoms with van der Waals surface area (Å²) in [5.74, 6) is 2.42. The maximum atomic E-state index is 4.41. The minimum Gasteiger partial charge on any atom is -0.315 e. The molecule has 0 aliphatic carbocycles. The Morgan fingerprint density at radius 2 is 1.79 bits per heavy atom. The molecule has 1 aromatic rings. The smallest absolute Gasteiger partial charge is 0.134 e. The zero-order valence-corrected chi connectivity index (χ0v) is 12.0. The van der Waals surface area contributed by atoms with E-state index in [1.165, 1.54) is 57.1 Å². The third-order valence-electron chi connectivity index (χ3n) is 4.43. The number of nitrogens with zero attached hydrogens (tertiary/aromatic N) is 5. The van der Waals surface area contributed by atoms with Crippen molar-refractivity contribution >= 4 is 0 Å². The van der Waals surface area contributed by atoms with E-state index >= 15 is 0 Å². The number of fused-ring (bicyclic) bond motifs is 1. The van der Waals surface area contributed by atoms with Crippen LogP contribution in [0.1, 0.15) is 30.9 Å². The third-order valence-corrected chi connectivity index (χ3v) is 4.43. The molecule has 2 aliphatic rings. The van der Waals surface area contributed by atoms with Crippen molar-refractivity contribution in [3.05, 3.63) is 11.6 Å². The molecule has 0 saturated carbocycles. The Morgan fingerprint density at radius 3 is 2.63 bits per heavy atom. The van der Waals surface area contributed by atoms with Crippen molar-refractivity contribution in [3.8, 4) is 0 Å². The summed E-state index contributed by atoms with van der Waals surface area (Å²) >= 11 is 0. The summed E-state index contributed by atoms with van der Waals surface area (Å²) in [5.41, 5.74) is 0. The Kier molecular flexibility index (Phi) is 4.13. The van der Waals surface area contributed by atoms with Crippen LogP contribution in [0.15, 0.2) is 0 Å². The molecule has 5 nitrogen and oxygen atoms in total. The first-order chi connectivity index (χ1) is 9.33. The van der Waals surface area contributed by atoms with E-state index in [4.69, 9.17) is 0 Å². The lowest BCUT2D eigenvalue weighted by atomic mass is 10.2. The molecule has 3 heterocycles. The van der Waals surface area contributed by atoms with Crippen molar-refractivity contribution in [2.45, 2.75) is 38.6 Å². The second kappa shape index (κ2) is 6.01. The van der Waals surface area contributed by atoms with Gasteiger partial charge in [0.25, 0.3) is 0 Å². The van der Waals surface area contributed by atoms with Crippen LogP contribution in [-0.2, 0) is 19.4 Å². The van der Waals surface area contributed by atoms with E-state index in [-0.39, 0.29) is 0 Å². The first-order valence-corrected chi connectivity index (χ1v) is 7.65. The van der Waals surface area contributed by atoms with Crippen LogP contribution in [0.3, 0.4) is 0 Å². The highest BCUT2D eigenvalue weighted by Crippen LogP contribution is 2.15. The Hall–Kier alpha value is -0.940. The standard InChI is InChI=1S/C14H25N5/c1-17-9-11-18(12-10-17)8-6-14-16-15-13-5-3-2-4-7-19(13)14/h2-12H2,1H3. The van der Waals surface area contributed by atoms with E-state index in [9.17, 15) is 0 Å². The van der Waals surface area contributed by atoms with Gasteiger partial charge in [-0.2, -0.15) is 0 Å². The molecule has 19 heavy (non-hydrogen) atoms. The molecular formula is C14H25N5. The van der Waals surface area contributed by atoms with Gasteiger partial charge in [-0.3, -0.25) is 0 Å². The molecule has 0 N–H and O–H groups in total. The average molecular weight is 263 g/mol. The van der Waals surface area contributed by atoms with Crippen LogP contribution >= 0.6 is 0 Å². The Labute approximate surface area is 115 Å². The number of likely N-dealkylation sites (N-methyl/N-ethyl adjacent to an activating group) is 1. The van der Waals surface area contributed by atoms with Gasteiger partial charge in [0.2, 0.25) is 0 Å². The van der Waals surface area contributed by atoms with E-state index in [0.717, 1.165) is 25.9 Å². The fraction of sp³-hybridized carbons (Fsp3) is 0.857. The van der Waals surface area contributed by atoms with E-state index in [0.29, 0.717) is 0 Å². The van der Waals surface area contributed by atoms with Gasteiger partial charge in [-0.25, -0.2) is 0 Å². The highest BCUT2D eigenvalue weighted by Gasteiger charge is 2.17. The monoisotopic (exact) mass is 263 g/mol. The van der Waals surface area contributed by atoms with Crippen LogP contribution < -0.4 is 0 Å². The first-order valence-electron chi connectivity index (χ1n) is 7.65. The van der Waals surface area contributed by atoms with Crippen molar-refractivity contribution in [2.24, 2.45) is 0 Å². The van der Waals surface area contributed by atoms with E-state index in [2.05, 4.69) is 31.6 Å². The summed E-state index contributed by atoms with van der Waals surface area (Å²) in [6.45, 7) is 7.03. The van der Waals surface area contributed by atoms with Gasteiger partial charge in [-0.15, -0.1) is 10.2 Å². The van der Waals surface area contributed by atoms with Crippen LogP contribution in [-0.4, -0.2) is 64.3 Å². The lowest BCUT2D eigenvalue weighted by Crippen LogP contribution is -2.45. The minimum absolute atomic E-state index is 1.05. The van der Waals surface area contributed by atoms with Crippen molar-refractivity contribution in [3.63, 3.8) is 0 Å². The van der Waals surface area contributed by atoms with Crippen LogP contribution in [0.2, 0.25) is 0 Å². The van der Waals surface area contributed by atoms with E-state index in [1.807, 2.05) is 0 Å². The fourth-order valence-electron chi connectivity index (χ4n) is 3.06. The van der Waals surface area contributed by atoms with Crippen molar-refractivity contribution in [1.82, 2.24) is 24.6 Å². The topological polar surface area (TPSA) is 37.2 Å². The SMILES string of the molecule is CN1CCN(CCc2nnc3n2CCCCC3)CC1. The number of rotatable bonds is 3. The molecule has 0 spiro atoms. The maximum Gasteiger partial charge on any atom is 0.134 e. The van der Waals surface area contributed by atoms with Crippen LogP contribution in [0, 0.1) is 0 Å². The Bertz CT molecular complexity index is 406. The summed E-state index contributed by atoms with van der Waals surface area (Å²) < 4.78 is 2.38. The van der Waals surface area contributed by atoms with Crippen molar-refractivity contribution in [2.75, 3.05) is 39.8 Å². The minimum atomic E-state index is 1.05.